The van der Waals surface area contributed by atoms with Crippen LogP contribution in [0.4, 0.5) is 17.1 Å². The molecule has 4 heteroatoms. The summed E-state index contributed by atoms with van der Waals surface area (Å²) in [4.78, 5) is 0. The van der Waals surface area contributed by atoms with Crippen molar-refractivity contribution in [1.29, 1.82) is 0 Å². The second kappa shape index (κ2) is 16.1. The fraction of sp³-hybridized carbons (Fsp3) is 0.238. The molecule has 332 valence electrons. The largest absolute Gasteiger partial charge is 0.301 e. The molecule has 2 nitrogen and oxygen atoms in total. The van der Waals surface area contributed by atoms with Gasteiger partial charge in [0.05, 0.1) is 23.5 Å². The number of anilines is 3. The molecule has 8 aromatic carbocycles. The Morgan fingerprint density at radius 1 is 0.478 bits per heavy atom. The average molecular weight is 907 g/mol. The van der Waals surface area contributed by atoms with Gasteiger partial charge in [0.25, 0.3) is 0 Å². The molecule has 13 rings (SSSR count). The predicted octanol–water partition coefficient (Wildman–Crippen LogP) is 16.8. The number of aryl methyl sites for hydroxylation is 2. The van der Waals surface area contributed by atoms with Crippen LogP contribution in [0.15, 0.2) is 188 Å². The van der Waals surface area contributed by atoms with Crippen molar-refractivity contribution < 1.29 is 0 Å². The van der Waals surface area contributed by atoms with Gasteiger partial charge in [0.2, 0.25) is 0 Å². The summed E-state index contributed by atoms with van der Waals surface area (Å²) in [7, 11) is 2.18. The third kappa shape index (κ3) is 6.18. The topological polar surface area (TPSA) is 6.25 Å². The van der Waals surface area contributed by atoms with Crippen molar-refractivity contribution in [3.63, 3.8) is 0 Å². The van der Waals surface area contributed by atoms with Crippen LogP contribution in [-0.4, -0.2) is 7.05 Å². The van der Waals surface area contributed by atoms with Crippen LogP contribution in [0.25, 0.3) is 44.5 Å². The molecule has 8 aromatic rings. The molecule has 1 aliphatic heterocycles. The van der Waals surface area contributed by atoms with E-state index in [4.69, 9.17) is 0 Å². The zero-order chi connectivity index (χ0) is 44.2. The fourth-order valence-corrected chi connectivity index (χ4v) is 15.8. The number of fused-ring (bicyclic) bond motifs is 5. The Bertz CT molecular complexity index is 3180. The monoisotopic (exact) mass is 906 g/mol. The zero-order valence-electron chi connectivity index (χ0n) is 38.8. The van der Waals surface area contributed by atoms with Crippen LogP contribution in [0.1, 0.15) is 84.2 Å². The molecule has 0 radical (unpaired) electrons. The molecule has 0 N–H and O–H groups in total. The SMILES string of the molecule is Cc1ccccc1-c1ccccc1C12CCCC3(c4ccccc4-c4ccccc4C)CC4c5ccccc5-c5c(-c6ccc(N(C)SN7c8ccccc87)cc6)cccc5C4(CCC1)C23.S. The van der Waals surface area contributed by atoms with Gasteiger partial charge in [-0.2, -0.15) is 13.5 Å². The second-order valence-electron chi connectivity index (χ2n) is 20.2. The molecule has 5 aliphatic rings. The summed E-state index contributed by atoms with van der Waals surface area (Å²) >= 11 is 1.76. The zero-order valence-corrected chi connectivity index (χ0v) is 40.6. The number of hydrogen-bond donors (Lipinski definition) is 0. The summed E-state index contributed by atoms with van der Waals surface area (Å²) in [6.07, 6.45) is 8.45. The lowest BCUT2D eigenvalue weighted by Crippen LogP contribution is -2.59. The van der Waals surface area contributed by atoms with E-state index < -0.39 is 0 Å². The summed E-state index contributed by atoms with van der Waals surface area (Å²) in [6, 6.07) is 72.8. The molecule has 3 fully saturated rings. The molecule has 1 spiro atoms. The quantitative estimate of drug-likeness (QED) is 0.111. The van der Waals surface area contributed by atoms with Gasteiger partial charge < -0.3 is 4.31 Å². The first-order valence-corrected chi connectivity index (χ1v) is 25.1. The van der Waals surface area contributed by atoms with Crippen molar-refractivity contribution in [3.05, 3.63) is 221 Å². The first-order valence-electron chi connectivity index (χ1n) is 24.4. The van der Waals surface area contributed by atoms with Crippen LogP contribution in [0.2, 0.25) is 0 Å². The van der Waals surface area contributed by atoms with Crippen LogP contribution in [0.3, 0.4) is 0 Å². The van der Waals surface area contributed by atoms with E-state index in [1.165, 1.54) is 111 Å². The molecule has 5 unspecified atom stereocenters. The number of benzene rings is 8. The third-order valence-corrected chi connectivity index (χ3v) is 18.3. The Morgan fingerprint density at radius 2 is 0.970 bits per heavy atom. The lowest BCUT2D eigenvalue weighted by Gasteiger charge is -2.63. The Labute approximate surface area is 408 Å². The van der Waals surface area contributed by atoms with Crippen LogP contribution < -0.4 is 8.61 Å². The van der Waals surface area contributed by atoms with Crippen molar-refractivity contribution in [2.75, 3.05) is 15.7 Å². The molecule has 0 bridgehead atoms. The Kier molecular flexibility index (Phi) is 10.2. The van der Waals surface area contributed by atoms with Gasteiger partial charge in [0.15, 0.2) is 0 Å². The van der Waals surface area contributed by atoms with Gasteiger partial charge in [-0.05, 0) is 160 Å². The van der Waals surface area contributed by atoms with Gasteiger partial charge in [-0.1, -0.05) is 177 Å². The van der Waals surface area contributed by atoms with E-state index in [0.717, 1.165) is 6.42 Å². The maximum Gasteiger partial charge on any atom is 0.0789 e. The van der Waals surface area contributed by atoms with Crippen molar-refractivity contribution >= 4 is 42.7 Å². The Morgan fingerprint density at radius 3 is 1.61 bits per heavy atom. The summed E-state index contributed by atoms with van der Waals surface area (Å²) in [5, 5.41) is 0. The Balaban J connectivity index is 0.00000468. The molecule has 0 saturated heterocycles. The highest BCUT2D eigenvalue weighted by Gasteiger charge is 2.73. The molecular weight excluding hydrogens is 849 g/mol. The van der Waals surface area contributed by atoms with Gasteiger partial charge in [-0.3, -0.25) is 4.31 Å². The van der Waals surface area contributed by atoms with Crippen LogP contribution in [0, 0.1) is 19.8 Å². The van der Waals surface area contributed by atoms with E-state index in [9.17, 15) is 0 Å². The molecule has 4 aliphatic carbocycles. The van der Waals surface area contributed by atoms with E-state index in [1.54, 1.807) is 34.4 Å². The fourth-order valence-electron chi connectivity index (χ4n) is 14.9. The maximum atomic E-state index is 2.60. The van der Waals surface area contributed by atoms with Gasteiger partial charge in [0, 0.05) is 29.0 Å². The second-order valence-corrected chi connectivity index (χ2v) is 21.3. The minimum atomic E-state index is -0.0689. The highest BCUT2D eigenvalue weighted by molar-refractivity contribution is 8.02. The van der Waals surface area contributed by atoms with Crippen LogP contribution in [-0.2, 0) is 16.2 Å². The highest BCUT2D eigenvalue weighted by atomic mass is 32.2. The smallest absolute Gasteiger partial charge is 0.0789 e. The average Bonchev–Trinajstić information content (AvgIpc) is 3.96. The van der Waals surface area contributed by atoms with E-state index >= 15 is 0 Å². The van der Waals surface area contributed by atoms with Gasteiger partial charge in [-0.25, -0.2) is 0 Å². The summed E-state index contributed by atoms with van der Waals surface area (Å²) < 4.78 is 4.60. The Hall–Kier alpha value is -5.94. The van der Waals surface area contributed by atoms with Gasteiger partial charge in [0.1, 0.15) is 0 Å². The van der Waals surface area contributed by atoms with Crippen molar-refractivity contribution in [2.45, 2.75) is 81.0 Å². The number of rotatable bonds is 8. The van der Waals surface area contributed by atoms with Crippen LogP contribution >= 0.6 is 25.6 Å². The van der Waals surface area contributed by atoms with E-state index in [0.29, 0.717) is 11.8 Å². The first kappa shape index (κ1) is 42.4. The summed E-state index contributed by atoms with van der Waals surface area (Å²) in [5.41, 5.74) is 23.9. The molecule has 0 amide bonds. The molecule has 67 heavy (non-hydrogen) atoms. The lowest BCUT2D eigenvalue weighted by atomic mass is 9.40. The van der Waals surface area contributed by atoms with E-state index in [1.807, 2.05) is 0 Å². The number of para-hydroxylation sites is 2. The minimum Gasteiger partial charge on any atom is -0.301 e. The molecule has 5 atom stereocenters. The highest BCUT2D eigenvalue weighted by Crippen LogP contribution is 2.79. The third-order valence-electron chi connectivity index (χ3n) is 17.3. The molecular formula is C63H58N2S2. The number of hydrogen-bond acceptors (Lipinski definition) is 3. The van der Waals surface area contributed by atoms with E-state index in [2.05, 4.69) is 218 Å². The molecule has 0 aromatic heterocycles. The maximum absolute atomic E-state index is 2.60. The van der Waals surface area contributed by atoms with Gasteiger partial charge >= 0.3 is 0 Å². The lowest BCUT2D eigenvalue weighted by molar-refractivity contribution is 0.0126. The van der Waals surface area contributed by atoms with Gasteiger partial charge in [-0.15, -0.1) is 0 Å². The summed E-state index contributed by atoms with van der Waals surface area (Å²) in [5.74, 6) is 0.779. The number of nitrogens with zero attached hydrogens (tertiary/aromatic N) is 2. The standard InChI is InChI=1S/C63H56N2S.H2S/c1-42-19-4-6-21-46(42)49-23-10-12-28-53(49)61-37-17-39-62(54-29-13-11-24-50(54)47-22-7-5-20-43(47)2)41-56-51-25-8-9-26-52(51)59-48(27-16-30-55(59)63(56,60(61)62)40-18-38-61)44-33-35-45(36-34-44)64(3)66-65-57-31-14-15-32-58(57)65;/h4-16,19-36,56,60H,17-18,37-41H2,1-3H3;1H2. The predicted molar refractivity (Wildman–Crippen MR) is 289 cm³/mol. The van der Waals surface area contributed by atoms with Crippen molar-refractivity contribution in [1.82, 2.24) is 0 Å². The van der Waals surface area contributed by atoms with Crippen molar-refractivity contribution in [3.8, 4) is 44.5 Å². The van der Waals surface area contributed by atoms with Crippen LogP contribution in [0.5, 0.6) is 0 Å². The summed E-state index contributed by atoms with van der Waals surface area (Å²) in [6.45, 7) is 4.62. The molecule has 1 heterocycles. The van der Waals surface area contributed by atoms with E-state index in [-0.39, 0.29) is 29.7 Å². The minimum absolute atomic E-state index is 0. The normalized spacial score (nSPS) is 23.7. The molecule has 3 saturated carbocycles. The first-order chi connectivity index (χ1) is 32.4. The van der Waals surface area contributed by atoms with Crippen molar-refractivity contribution in [2.24, 2.45) is 5.92 Å².